The average Bonchev–Trinajstić information content (AvgIpc) is 2.52. The fraction of sp³-hybridized carbons (Fsp3) is 0.250. The molecule has 3 nitrogen and oxygen atoms in total. The smallest absolute Gasteiger partial charge is 0.420 e. The standard InChI is InChI=1S/C16H15F3O3S/c1-15(20,16(17,18)19)11-22-12-7-9-14(10-8-12)23(21)13-5-3-2-4-6-13/h2-10,20H,11H2,1H3. The molecule has 2 unspecified atom stereocenters. The Balaban J connectivity index is 2.04. The molecular weight excluding hydrogens is 329 g/mol. The lowest BCUT2D eigenvalue weighted by Crippen LogP contribution is -2.47. The Labute approximate surface area is 134 Å². The summed E-state index contributed by atoms with van der Waals surface area (Å²) in [6.07, 6.45) is -4.78. The summed E-state index contributed by atoms with van der Waals surface area (Å²) in [6.45, 7) is -0.274. The minimum Gasteiger partial charge on any atom is -0.490 e. The fourth-order valence-electron chi connectivity index (χ4n) is 1.65. The number of hydrogen-bond donors (Lipinski definition) is 1. The Hall–Kier alpha value is -1.86. The van der Waals surface area contributed by atoms with Crippen LogP contribution in [0.4, 0.5) is 13.2 Å². The van der Waals surface area contributed by atoms with Crippen LogP contribution in [-0.4, -0.2) is 27.7 Å². The number of rotatable bonds is 5. The molecule has 0 fully saturated rings. The maximum absolute atomic E-state index is 12.5. The summed E-state index contributed by atoms with van der Waals surface area (Å²) in [7, 11) is -1.38. The molecule has 0 radical (unpaired) electrons. The summed E-state index contributed by atoms with van der Waals surface area (Å²) in [6, 6.07) is 14.7. The lowest BCUT2D eigenvalue weighted by molar-refractivity contribution is -0.260. The van der Waals surface area contributed by atoms with E-state index in [2.05, 4.69) is 0 Å². The zero-order chi connectivity index (χ0) is 17.1. The lowest BCUT2D eigenvalue weighted by atomic mass is 10.1. The van der Waals surface area contributed by atoms with Crippen molar-refractivity contribution in [2.45, 2.75) is 28.5 Å². The van der Waals surface area contributed by atoms with Crippen LogP contribution < -0.4 is 4.74 Å². The third-order valence-electron chi connectivity index (χ3n) is 3.13. The molecule has 2 rings (SSSR count). The molecule has 0 saturated heterocycles. The number of aliphatic hydroxyl groups is 1. The highest BCUT2D eigenvalue weighted by molar-refractivity contribution is 7.85. The molecule has 2 aromatic carbocycles. The maximum Gasteiger partial charge on any atom is 0.420 e. The normalized spacial score (nSPS) is 15.7. The minimum absolute atomic E-state index is 0.156. The summed E-state index contributed by atoms with van der Waals surface area (Å²) in [5.74, 6) is 0.156. The highest BCUT2D eigenvalue weighted by Gasteiger charge is 2.50. The van der Waals surface area contributed by atoms with Gasteiger partial charge in [-0.2, -0.15) is 13.2 Å². The first kappa shape index (κ1) is 17.5. The number of hydrogen-bond acceptors (Lipinski definition) is 3. The van der Waals surface area contributed by atoms with Gasteiger partial charge in [-0.3, -0.25) is 0 Å². The van der Waals surface area contributed by atoms with Crippen LogP contribution in [0.3, 0.4) is 0 Å². The highest BCUT2D eigenvalue weighted by Crippen LogP contribution is 2.30. The highest BCUT2D eigenvalue weighted by atomic mass is 32.2. The van der Waals surface area contributed by atoms with E-state index >= 15 is 0 Å². The van der Waals surface area contributed by atoms with E-state index in [1.807, 2.05) is 6.07 Å². The molecule has 23 heavy (non-hydrogen) atoms. The Morgan fingerprint density at radius 2 is 1.52 bits per heavy atom. The molecule has 2 aromatic rings. The first-order chi connectivity index (χ1) is 10.7. The predicted octanol–water partition coefficient (Wildman–Crippen LogP) is 3.55. The lowest BCUT2D eigenvalue weighted by Gasteiger charge is -2.26. The van der Waals surface area contributed by atoms with E-state index in [9.17, 15) is 22.5 Å². The number of benzene rings is 2. The Morgan fingerprint density at radius 3 is 2.04 bits per heavy atom. The second kappa shape index (κ2) is 6.72. The van der Waals surface area contributed by atoms with Crippen molar-refractivity contribution in [1.29, 1.82) is 0 Å². The van der Waals surface area contributed by atoms with Crippen LogP contribution in [-0.2, 0) is 10.8 Å². The van der Waals surface area contributed by atoms with Gasteiger partial charge in [0.2, 0.25) is 0 Å². The van der Waals surface area contributed by atoms with Crippen LogP contribution in [0.15, 0.2) is 64.4 Å². The van der Waals surface area contributed by atoms with Gasteiger partial charge in [0.25, 0.3) is 0 Å². The molecule has 0 amide bonds. The van der Waals surface area contributed by atoms with Gasteiger partial charge in [0, 0.05) is 9.79 Å². The van der Waals surface area contributed by atoms with Crippen LogP contribution in [0.25, 0.3) is 0 Å². The number of ether oxygens (including phenoxy) is 1. The third-order valence-corrected chi connectivity index (χ3v) is 4.53. The molecule has 0 bridgehead atoms. The van der Waals surface area contributed by atoms with Crippen molar-refractivity contribution in [3.05, 3.63) is 54.6 Å². The van der Waals surface area contributed by atoms with Crippen molar-refractivity contribution >= 4 is 10.8 Å². The second-order valence-corrected chi connectivity index (χ2v) is 6.59. The molecule has 0 aliphatic heterocycles. The van der Waals surface area contributed by atoms with Crippen molar-refractivity contribution < 1.29 is 27.2 Å². The SMILES string of the molecule is CC(O)(COc1ccc(S(=O)c2ccccc2)cc1)C(F)(F)F. The molecule has 7 heteroatoms. The summed E-state index contributed by atoms with van der Waals surface area (Å²) in [4.78, 5) is 1.13. The van der Waals surface area contributed by atoms with E-state index in [1.54, 1.807) is 24.3 Å². The van der Waals surface area contributed by atoms with E-state index < -0.39 is 29.2 Å². The Morgan fingerprint density at radius 1 is 1.00 bits per heavy atom. The Bertz CT molecular complexity index is 667. The molecular formula is C16H15F3O3S. The van der Waals surface area contributed by atoms with Crippen molar-refractivity contribution in [3.63, 3.8) is 0 Å². The summed E-state index contributed by atoms with van der Waals surface area (Å²) in [5.41, 5.74) is -2.93. The zero-order valence-electron chi connectivity index (χ0n) is 12.2. The molecule has 0 heterocycles. The third kappa shape index (κ3) is 4.33. The zero-order valence-corrected chi connectivity index (χ0v) is 13.0. The number of alkyl halides is 3. The molecule has 124 valence electrons. The maximum atomic E-state index is 12.5. The van der Waals surface area contributed by atoms with Gasteiger partial charge in [0.15, 0.2) is 5.60 Å². The predicted molar refractivity (Wildman–Crippen MR) is 79.7 cm³/mol. The average molecular weight is 344 g/mol. The van der Waals surface area contributed by atoms with E-state index in [4.69, 9.17) is 4.74 Å². The van der Waals surface area contributed by atoms with Gasteiger partial charge < -0.3 is 9.84 Å². The van der Waals surface area contributed by atoms with Gasteiger partial charge in [-0.05, 0) is 43.3 Å². The molecule has 0 aliphatic carbocycles. The van der Waals surface area contributed by atoms with Crippen molar-refractivity contribution in [1.82, 2.24) is 0 Å². The first-order valence-electron chi connectivity index (χ1n) is 6.69. The van der Waals surface area contributed by atoms with Gasteiger partial charge in [-0.15, -0.1) is 0 Å². The van der Waals surface area contributed by atoms with Gasteiger partial charge in [0.05, 0.1) is 10.8 Å². The fourth-order valence-corrected chi connectivity index (χ4v) is 2.71. The largest absolute Gasteiger partial charge is 0.490 e. The van der Waals surface area contributed by atoms with Crippen molar-refractivity contribution in [3.8, 4) is 5.75 Å². The quantitative estimate of drug-likeness (QED) is 0.902. The van der Waals surface area contributed by atoms with Gasteiger partial charge >= 0.3 is 6.18 Å². The van der Waals surface area contributed by atoms with Crippen molar-refractivity contribution in [2.75, 3.05) is 6.61 Å². The molecule has 2 atom stereocenters. The molecule has 0 aromatic heterocycles. The molecule has 0 aliphatic rings. The number of halogens is 3. The Kier molecular flexibility index (Phi) is 5.11. The summed E-state index contributed by atoms with van der Waals surface area (Å²) < 4.78 is 54.8. The van der Waals surface area contributed by atoms with E-state index in [0.717, 1.165) is 0 Å². The van der Waals surface area contributed by atoms with Gasteiger partial charge in [-0.25, -0.2) is 4.21 Å². The monoisotopic (exact) mass is 344 g/mol. The first-order valence-corrected chi connectivity index (χ1v) is 7.84. The van der Waals surface area contributed by atoms with Crippen LogP contribution in [0.5, 0.6) is 5.75 Å². The minimum atomic E-state index is -4.78. The summed E-state index contributed by atoms with van der Waals surface area (Å²) in [5, 5.41) is 9.31. The molecule has 0 spiro atoms. The van der Waals surface area contributed by atoms with Crippen molar-refractivity contribution in [2.24, 2.45) is 0 Å². The van der Waals surface area contributed by atoms with Gasteiger partial charge in [-0.1, -0.05) is 18.2 Å². The van der Waals surface area contributed by atoms with E-state index in [-0.39, 0.29) is 5.75 Å². The van der Waals surface area contributed by atoms with Crippen LogP contribution >= 0.6 is 0 Å². The van der Waals surface area contributed by atoms with E-state index in [1.165, 1.54) is 24.3 Å². The van der Waals surface area contributed by atoms with Crippen LogP contribution in [0.2, 0.25) is 0 Å². The van der Waals surface area contributed by atoms with Crippen LogP contribution in [0, 0.1) is 0 Å². The van der Waals surface area contributed by atoms with Gasteiger partial charge in [0.1, 0.15) is 12.4 Å². The topological polar surface area (TPSA) is 46.5 Å². The molecule has 0 saturated carbocycles. The van der Waals surface area contributed by atoms with Crippen LogP contribution in [0.1, 0.15) is 6.92 Å². The molecule has 1 N–H and O–H groups in total. The summed E-state index contributed by atoms with van der Waals surface area (Å²) >= 11 is 0. The van der Waals surface area contributed by atoms with E-state index in [0.29, 0.717) is 16.7 Å². The second-order valence-electron chi connectivity index (χ2n) is 5.11.